The van der Waals surface area contributed by atoms with E-state index < -0.39 is 0 Å². The van der Waals surface area contributed by atoms with E-state index in [1.165, 1.54) is 0 Å². The minimum atomic E-state index is -0.349. The molecule has 0 radical (unpaired) electrons. The summed E-state index contributed by atoms with van der Waals surface area (Å²) < 4.78 is 46.4. The highest BCUT2D eigenvalue weighted by molar-refractivity contribution is 5.80. The first kappa shape index (κ1) is 52.8. The van der Waals surface area contributed by atoms with E-state index in [2.05, 4.69) is 79.7 Å². The molecule has 2 aromatic rings. The normalized spacial score (nSPS) is 20.7. The third-order valence-electron chi connectivity index (χ3n) is 13.8. The molecular weight excluding hydrogens is 813 g/mol. The van der Waals surface area contributed by atoms with E-state index in [1.54, 1.807) is 28.4 Å². The standard InChI is InChI=1S/C53H82O11/c1-33(2)39(23-37-15-17-46(59-11)50(25-37)61-21-13-19-57-9)27-41(48-31-44(35(5)6)52(55)63-48)29-43(54)30-42(49-32-45(36(7)8)53(56)64-49)28-40(34(3)4)24-38-16-18-47(60-12)51(26-38)62-22-14-20-58-10/h15-18,25-26,33-36,39-42,44-45,48-49H,13-14,19-24,27-32H2,1-12H3/t39-,40-,41+,42+,44-,45-,48-,49-/m0/s1. The zero-order chi connectivity index (χ0) is 46.9. The van der Waals surface area contributed by atoms with E-state index in [0.717, 1.165) is 49.7 Å². The molecule has 0 saturated carbocycles. The molecule has 0 amide bonds. The molecule has 0 spiro atoms. The van der Waals surface area contributed by atoms with Crippen LogP contribution in [0.5, 0.6) is 23.0 Å². The first-order valence-corrected chi connectivity index (χ1v) is 24.1. The summed E-state index contributed by atoms with van der Waals surface area (Å²) in [6.07, 6.45) is 5.63. The van der Waals surface area contributed by atoms with Gasteiger partial charge in [0.2, 0.25) is 0 Å². The fourth-order valence-electron chi connectivity index (χ4n) is 9.59. The number of ether oxygens (including phenoxy) is 8. The molecule has 11 heteroatoms. The Balaban J connectivity index is 1.60. The highest BCUT2D eigenvalue weighted by Crippen LogP contribution is 2.42. The van der Waals surface area contributed by atoms with Gasteiger partial charge in [0, 0.05) is 65.0 Å². The molecule has 360 valence electrons. The van der Waals surface area contributed by atoms with Gasteiger partial charge in [0.1, 0.15) is 18.0 Å². The van der Waals surface area contributed by atoms with E-state index in [-0.39, 0.29) is 77.3 Å². The second kappa shape index (κ2) is 26.3. The van der Waals surface area contributed by atoms with E-state index in [0.29, 0.717) is 86.9 Å². The molecule has 2 aliphatic rings. The van der Waals surface area contributed by atoms with Crippen molar-refractivity contribution in [2.75, 3.05) is 54.9 Å². The van der Waals surface area contributed by atoms with Crippen LogP contribution in [0.25, 0.3) is 0 Å². The van der Waals surface area contributed by atoms with Crippen molar-refractivity contribution in [3.63, 3.8) is 0 Å². The van der Waals surface area contributed by atoms with E-state index in [9.17, 15) is 14.4 Å². The second-order valence-corrected chi connectivity index (χ2v) is 19.8. The lowest BCUT2D eigenvalue weighted by molar-refractivity contribution is -0.148. The van der Waals surface area contributed by atoms with Gasteiger partial charge in [0.05, 0.1) is 39.3 Å². The predicted octanol–water partition coefficient (Wildman–Crippen LogP) is 10.4. The summed E-state index contributed by atoms with van der Waals surface area (Å²) in [6, 6.07) is 12.2. The minimum absolute atomic E-state index is 0.125. The number of methoxy groups -OCH3 is 4. The van der Waals surface area contributed by atoms with Gasteiger partial charge in [0.15, 0.2) is 23.0 Å². The number of carbonyl (C=O) groups is 3. The van der Waals surface area contributed by atoms with Crippen LogP contribution in [0, 0.1) is 59.2 Å². The van der Waals surface area contributed by atoms with Gasteiger partial charge in [-0.3, -0.25) is 14.4 Å². The monoisotopic (exact) mass is 895 g/mol. The molecule has 0 bridgehead atoms. The van der Waals surface area contributed by atoms with E-state index in [1.807, 2.05) is 12.1 Å². The summed E-state index contributed by atoms with van der Waals surface area (Å²) in [5.41, 5.74) is 2.25. The summed E-state index contributed by atoms with van der Waals surface area (Å²) >= 11 is 0. The van der Waals surface area contributed by atoms with Crippen molar-refractivity contribution in [1.82, 2.24) is 0 Å². The number of esters is 2. The number of hydrogen-bond donors (Lipinski definition) is 0. The highest BCUT2D eigenvalue weighted by atomic mass is 16.6. The van der Waals surface area contributed by atoms with Crippen molar-refractivity contribution >= 4 is 17.7 Å². The summed E-state index contributed by atoms with van der Waals surface area (Å²) in [7, 11) is 6.66. The molecule has 0 unspecified atom stereocenters. The Morgan fingerprint density at radius 1 is 0.578 bits per heavy atom. The number of cyclic esters (lactones) is 2. The molecule has 11 nitrogen and oxygen atoms in total. The largest absolute Gasteiger partial charge is 0.493 e. The smallest absolute Gasteiger partial charge is 0.309 e. The average molecular weight is 895 g/mol. The molecule has 2 aliphatic heterocycles. The highest BCUT2D eigenvalue weighted by Gasteiger charge is 2.44. The fraction of sp³-hybridized carbons (Fsp3) is 0.717. The molecule has 0 aromatic heterocycles. The van der Waals surface area contributed by atoms with Crippen molar-refractivity contribution in [3.05, 3.63) is 47.5 Å². The maximum Gasteiger partial charge on any atom is 0.309 e. The van der Waals surface area contributed by atoms with Crippen molar-refractivity contribution in [2.24, 2.45) is 59.2 Å². The molecule has 2 heterocycles. The van der Waals surface area contributed by atoms with Crippen molar-refractivity contribution < 1.29 is 52.3 Å². The van der Waals surface area contributed by atoms with Gasteiger partial charge in [-0.15, -0.1) is 0 Å². The lowest BCUT2D eigenvalue weighted by Gasteiger charge is -2.31. The van der Waals surface area contributed by atoms with Gasteiger partial charge in [0.25, 0.3) is 0 Å². The third-order valence-corrected chi connectivity index (χ3v) is 13.8. The van der Waals surface area contributed by atoms with Crippen LogP contribution in [0.3, 0.4) is 0 Å². The minimum Gasteiger partial charge on any atom is -0.493 e. The van der Waals surface area contributed by atoms with Crippen LogP contribution >= 0.6 is 0 Å². The zero-order valence-electron chi connectivity index (χ0n) is 41.3. The topological polar surface area (TPSA) is 125 Å². The van der Waals surface area contributed by atoms with Crippen LogP contribution < -0.4 is 18.9 Å². The Kier molecular flexibility index (Phi) is 21.7. The van der Waals surface area contributed by atoms with Crippen LogP contribution in [0.1, 0.15) is 118 Å². The predicted molar refractivity (Wildman–Crippen MR) is 250 cm³/mol. The SMILES string of the molecule is COCCCOc1cc(C[C@@H](C[C@H](CC(=O)C[C@@H](C[C@H](Cc2ccc(OC)c(OCCCOC)c2)C(C)C)[C@@H]2C[C@@H](C(C)C)C(=O)O2)[C@@H]2C[C@@H](C(C)C)C(=O)O2)C(C)C)ccc1OC. The van der Waals surface area contributed by atoms with Crippen molar-refractivity contribution in [1.29, 1.82) is 0 Å². The Morgan fingerprint density at radius 3 is 1.28 bits per heavy atom. The Bertz CT molecular complexity index is 1610. The van der Waals surface area contributed by atoms with Crippen molar-refractivity contribution in [3.8, 4) is 23.0 Å². The Labute approximate surface area is 385 Å². The van der Waals surface area contributed by atoms with Crippen molar-refractivity contribution in [2.45, 2.75) is 132 Å². The van der Waals surface area contributed by atoms with Gasteiger partial charge < -0.3 is 37.9 Å². The summed E-state index contributed by atoms with van der Waals surface area (Å²) in [4.78, 5) is 41.3. The zero-order valence-corrected chi connectivity index (χ0v) is 41.3. The Hall–Kier alpha value is -3.83. The molecule has 0 aliphatic carbocycles. The number of benzene rings is 2. The lowest BCUT2D eigenvalue weighted by Crippen LogP contribution is -2.31. The molecule has 2 aromatic carbocycles. The number of carbonyl (C=O) groups excluding carboxylic acids is 3. The fourth-order valence-corrected chi connectivity index (χ4v) is 9.59. The molecule has 8 atom stereocenters. The first-order chi connectivity index (χ1) is 30.6. The van der Waals surface area contributed by atoms with Crippen LogP contribution in [0.4, 0.5) is 0 Å². The second-order valence-electron chi connectivity index (χ2n) is 19.8. The summed E-state index contributed by atoms with van der Waals surface area (Å²) in [6.45, 7) is 19.4. The van der Waals surface area contributed by atoms with E-state index >= 15 is 0 Å². The van der Waals surface area contributed by atoms with Gasteiger partial charge in [-0.25, -0.2) is 0 Å². The number of rotatable bonds is 30. The number of Topliss-reactive ketones (excluding diaryl/α,β-unsaturated/α-hetero) is 1. The molecule has 0 N–H and O–H groups in total. The number of ketones is 1. The van der Waals surface area contributed by atoms with Crippen LogP contribution in [0.15, 0.2) is 36.4 Å². The summed E-state index contributed by atoms with van der Waals surface area (Å²) in [5.74, 6) is 3.13. The van der Waals surface area contributed by atoms with Gasteiger partial charge in [-0.2, -0.15) is 0 Å². The van der Waals surface area contributed by atoms with Crippen LogP contribution in [-0.2, 0) is 46.2 Å². The third kappa shape index (κ3) is 15.7. The van der Waals surface area contributed by atoms with Crippen LogP contribution in [0.2, 0.25) is 0 Å². The quantitative estimate of drug-likeness (QED) is 0.0550. The van der Waals surface area contributed by atoms with Gasteiger partial charge >= 0.3 is 11.9 Å². The van der Waals surface area contributed by atoms with Gasteiger partial charge in [-0.05, 0) is 109 Å². The first-order valence-electron chi connectivity index (χ1n) is 24.1. The number of hydrogen-bond acceptors (Lipinski definition) is 11. The van der Waals surface area contributed by atoms with E-state index in [4.69, 9.17) is 37.9 Å². The lowest BCUT2D eigenvalue weighted by atomic mass is 9.74. The average Bonchev–Trinajstić information content (AvgIpc) is 3.85. The molecule has 4 rings (SSSR count). The molecule has 64 heavy (non-hydrogen) atoms. The maximum atomic E-state index is 14.8. The molecular formula is C53H82O11. The summed E-state index contributed by atoms with van der Waals surface area (Å²) in [5, 5.41) is 0. The van der Waals surface area contributed by atoms with Gasteiger partial charge in [-0.1, -0.05) is 67.5 Å². The maximum absolute atomic E-state index is 14.8. The molecule has 2 fully saturated rings. The Morgan fingerprint density at radius 2 is 0.969 bits per heavy atom. The molecule has 2 saturated heterocycles. The van der Waals surface area contributed by atoms with Crippen LogP contribution in [-0.4, -0.2) is 84.8 Å².